The molecule has 0 saturated carbocycles. The number of carboxylic acid groups (broad SMARTS) is 1. The summed E-state index contributed by atoms with van der Waals surface area (Å²) in [6.07, 6.45) is 2.36. The lowest BCUT2D eigenvalue weighted by molar-refractivity contribution is -0.136. The van der Waals surface area contributed by atoms with Gasteiger partial charge in [0, 0.05) is 37.1 Å². The number of para-hydroxylation sites is 1. The van der Waals surface area contributed by atoms with Gasteiger partial charge in [0.1, 0.15) is 0 Å². The summed E-state index contributed by atoms with van der Waals surface area (Å²) < 4.78 is 1.94. The molecule has 3 aromatic rings. The van der Waals surface area contributed by atoms with Crippen LogP contribution in [0.4, 0.5) is 0 Å². The fourth-order valence-electron chi connectivity index (χ4n) is 3.01. The van der Waals surface area contributed by atoms with Crippen LogP contribution in [0, 0.1) is 0 Å². The van der Waals surface area contributed by atoms with Crippen LogP contribution in [0.25, 0.3) is 10.9 Å². The number of carboxylic acids is 1. The average molecular weight is 336 g/mol. The second-order valence-electron chi connectivity index (χ2n) is 6.02. The number of nitrogens with one attached hydrogen (secondary N) is 1. The van der Waals surface area contributed by atoms with Gasteiger partial charge in [0.15, 0.2) is 0 Å². The van der Waals surface area contributed by atoms with Crippen LogP contribution in [-0.4, -0.2) is 21.6 Å². The van der Waals surface area contributed by atoms with Gasteiger partial charge in [-0.3, -0.25) is 9.59 Å². The number of carbonyl (C=O) groups is 2. The number of aromatic nitrogens is 1. The van der Waals surface area contributed by atoms with Crippen molar-refractivity contribution in [3.63, 3.8) is 0 Å². The zero-order chi connectivity index (χ0) is 17.8. The third-order valence-corrected chi connectivity index (χ3v) is 4.31. The molecule has 0 aliphatic rings. The van der Waals surface area contributed by atoms with E-state index >= 15 is 0 Å². The molecule has 0 unspecified atom stereocenters. The van der Waals surface area contributed by atoms with Crippen molar-refractivity contribution in [3.05, 3.63) is 71.4 Å². The first-order valence-corrected chi connectivity index (χ1v) is 8.17. The summed E-state index contributed by atoms with van der Waals surface area (Å²) >= 11 is 0. The van der Waals surface area contributed by atoms with Crippen molar-refractivity contribution in [2.45, 2.75) is 19.4 Å². The van der Waals surface area contributed by atoms with Gasteiger partial charge in [-0.15, -0.1) is 0 Å². The quantitative estimate of drug-likeness (QED) is 0.726. The molecule has 0 aliphatic heterocycles. The minimum absolute atomic E-state index is 0.0777. The molecule has 1 amide bonds. The SMILES string of the molecule is Cn1cc(C(=O)NCc2ccccc2CCC(=O)O)c2ccccc21. The van der Waals surface area contributed by atoms with Crippen LogP contribution in [0.3, 0.4) is 0 Å². The Balaban J connectivity index is 1.75. The number of aryl methyl sites for hydroxylation is 2. The molecule has 0 fully saturated rings. The van der Waals surface area contributed by atoms with Gasteiger partial charge in [-0.2, -0.15) is 0 Å². The van der Waals surface area contributed by atoms with E-state index in [1.54, 1.807) is 0 Å². The maximum Gasteiger partial charge on any atom is 0.303 e. The summed E-state index contributed by atoms with van der Waals surface area (Å²) in [5.74, 6) is -0.959. The topological polar surface area (TPSA) is 71.3 Å². The van der Waals surface area contributed by atoms with Crippen LogP contribution in [-0.2, 0) is 24.8 Å². The van der Waals surface area contributed by atoms with Crippen LogP contribution in [0.2, 0.25) is 0 Å². The highest BCUT2D eigenvalue weighted by molar-refractivity contribution is 6.06. The number of hydrogen-bond acceptors (Lipinski definition) is 2. The van der Waals surface area contributed by atoms with Gasteiger partial charge < -0.3 is 15.0 Å². The predicted octanol–water partition coefficient (Wildman–Crippen LogP) is 3.13. The summed E-state index contributed by atoms with van der Waals surface area (Å²) in [7, 11) is 1.92. The summed E-state index contributed by atoms with van der Waals surface area (Å²) in [6, 6.07) is 15.4. The predicted molar refractivity (Wildman–Crippen MR) is 96.5 cm³/mol. The van der Waals surface area contributed by atoms with Gasteiger partial charge in [-0.25, -0.2) is 0 Å². The smallest absolute Gasteiger partial charge is 0.303 e. The Bertz CT molecular complexity index is 928. The molecule has 0 aliphatic carbocycles. The van der Waals surface area contributed by atoms with Gasteiger partial charge in [0.25, 0.3) is 5.91 Å². The highest BCUT2D eigenvalue weighted by atomic mass is 16.4. The second-order valence-corrected chi connectivity index (χ2v) is 6.02. The monoisotopic (exact) mass is 336 g/mol. The number of benzene rings is 2. The zero-order valence-corrected chi connectivity index (χ0v) is 14.0. The molecule has 128 valence electrons. The molecule has 2 N–H and O–H groups in total. The molecule has 1 aromatic heterocycles. The van der Waals surface area contributed by atoms with Crippen molar-refractivity contribution in [2.24, 2.45) is 7.05 Å². The van der Waals surface area contributed by atoms with E-state index in [0.29, 0.717) is 18.5 Å². The molecule has 0 saturated heterocycles. The lowest BCUT2D eigenvalue weighted by Gasteiger charge is -2.10. The van der Waals surface area contributed by atoms with E-state index < -0.39 is 5.97 Å². The molecular weight excluding hydrogens is 316 g/mol. The summed E-state index contributed by atoms with van der Waals surface area (Å²) in [4.78, 5) is 23.4. The van der Waals surface area contributed by atoms with Gasteiger partial charge >= 0.3 is 5.97 Å². The first kappa shape index (κ1) is 16.8. The Hall–Kier alpha value is -3.08. The number of fused-ring (bicyclic) bond motifs is 1. The van der Waals surface area contributed by atoms with Gasteiger partial charge in [0.05, 0.1) is 5.56 Å². The molecule has 5 heteroatoms. The van der Waals surface area contributed by atoms with E-state index in [9.17, 15) is 9.59 Å². The molecule has 5 nitrogen and oxygen atoms in total. The normalized spacial score (nSPS) is 10.8. The van der Waals surface area contributed by atoms with Crippen molar-refractivity contribution in [2.75, 3.05) is 0 Å². The van der Waals surface area contributed by atoms with Gasteiger partial charge in [0.2, 0.25) is 0 Å². The number of aliphatic carboxylic acids is 1. The average Bonchev–Trinajstić information content (AvgIpc) is 2.96. The van der Waals surface area contributed by atoms with Gasteiger partial charge in [-0.1, -0.05) is 42.5 Å². The van der Waals surface area contributed by atoms with Crippen molar-refractivity contribution in [1.82, 2.24) is 9.88 Å². The molecule has 0 radical (unpaired) electrons. The molecule has 1 heterocycles. The molecule has 0 spiro atoms. The highest BCUT2D eigenvalue weighted by Crippen LogP contribution is 2.20. The summed E-state index contributed by atoms with van der Waals surface area (Å²) in [5, 5.41) is 12.7. The van der Waals surface area contributed by atoms with Crippen molar-refractivity contribution in [1.29, 1.82) is 0 Å². The van der Waals surface area contributed by atoms with Gasteiger partial charge in [-0.05, 0) is 23.6 Å². The first-order chi connectivity index (χ1) is 12.1. The third-order valence-electron chi connectivity index (χ3n) is 4.31. The summed E-state index contributed by atoms with van der Waals surface area (Å²) in [5.41, 5.74) is 3.54. The number of amides is 1. The number of rotatable bonds is 6. The van der Waals surface area contributed by atoms with E-state index in [-0.39, 0.29) is 12.3 Å². The zero-order valence-electron chi connectivity index (χ0n) is 14.0. The Kier molecular flexibility index (Phi) is 4.84. The third kappa shape index (κ3) is 3.71. The molecular formula is C20H20N2O3. The highest BCUT2D eigenvalue weighted by Gasteiger charge is 2.14. The minimum Gasteiger partial charge on any atom is -0.481 e. The molecule has 0 bridgehead atoms. The van der Waals surface area contributed by atoms with Crippen LogP contribution in [0.1, 0.15) is 27.9 Å². The lowest BCUT2D eigenvalue weighted by Crippen LogP contribution is -2.23. The largest absolute Gasteiger partial charge is 0.481 e. The van der Waals surface area contributed by atoms with Crippen LogP contribution < -0.4 is 5.32 Å². The van der Waals surface area contributed by atoms with Crippen LogP contribution in [0.5, 0.6) is 0 Å². The van der Waals surface area contributed by atoms with E-state index in [0.717, 1.165) is 22.0 Å². The fourth-order valence-corrected chi connectivity index (χ4v) is 3.01. The first-order valence-electron chi connectivity index (χ1n) is 8.17. The number of nitrogens with zero attached hydrogens (tertiary/aromatic N) is 1. The molecule has 2 aromatic carbocycles. The lowest BCUT2D eigenvalue weighted by atomic mass is 10.0. The van der Waals surface area contributed by atoms with Crippen molar-refractivity contribution < 1.29 is 14.7 Å². The Labute approximate surface area is 145 Å². The van der Waals surface area contributed by atoms with E-state index in [2.05, 4.69) is 5.32 Å². The Morgan fingerprint density at radius 2 is 1.72 bits per heavy atom. The van der Waals surface area contributed by atoms with Crippen molar-refractivity contribution >= 4 is 22.8 Å². The number of hydrogen-bond donors (Lipinski definition) is 2. The number of carbonyl (C=O) groups excluding carboxylic acids is 1. The van der Waals surface area contributed by atoms with Crippen LogP contribution in [0.15, 0.2) is 54.7 Å². The Morgan fingerprint density at radius 1 is 1.04 bits per heavy atom. The standard InChI is InChI=1S/C20H20N2O3/c1-22-13-17(16-8-4-5-9-18(16)22)20(25)21-12-15-7-3-2-6-14(15)10-11-19(23)24/h2-9,13H,10-12H2,1H3,(H,21,25)(H,23,24). The van der Waals surface area contributed by atoms with Crippen LogP contribution >= 0.6 is 0 Å². The maximum atomic E-state index is 12.6. The van der Waals surface area contributed by atoms with E-state index in [1.165, 1.54) is 0 Å². The summed E-state index contributed by atoms with van der Waals surface area (Å²) in [6.45, 7) is 0.373. The Morgan fingerprint density at radius 3 is 2.48 bits per heavy atom. The van der Waals surface area contributed by atoms with E-state index in [1.807, 2.05) is 66.3 Å². The molecule has 0 atom stereocenters. The second kappa shape index (κ2) is 7.21. The fraction of sp³-hybridized carbons (Fsp3) is 0.200. The van der Waals surface area contributed by atoms with Crippen molar-refractivity contribution in [3.8, 4) is 0 Å². The molecule has 3 rings (SSSR count). The van der Waals surface area contributed by atoms with E-state index in [4.69, 9.17) is 5.11 Å². The maximum absolute atomic E-state index is 12.6. The minimum atomic E-state index is -0.824. The molecule has 25 heavy (non-hydrogen) atoms.